The Morgan fingerprint density at radius 3 is 2.00 bits per heavy atom. The smallest absolute Gasteiger partial charge is 0.272 e. The fraction of sp³-hybridized carbons (Fsp3) is 0.0714. The van der Waals surface area contributed by atoms with Crippen LogP contribution in [0.2, 0.25) is 0 Å². The van der Waals surface area contributed by atoms with Crippen molar-refractivity contribution in [2.45, 2.75) is 5.92 Å². The number of benzene rings is 2. The van der Waals surface area contributed by atoms with E-state index in [-0.39, 0.29) is 11.8 Å². The Morgan fingerprint density at radius 2 is 1.32 bits per heavy atom. The molecule has 5 heterocycles. The van der Waals surface area contributed by atoms with Crippen LogP contribution in [-0.4, -0.2) is 48.4 Å². The van der Waals surface area contributed by atoms with Crippen LogP contribution in [-0.2, 0) is 0 Å². The molecule has 1 saturated heterocycles. The monoisotopic (exact) mass is 651 g/mol. The van der Waals surface area contributed by atoms with Crippen LogP contribution < -0.4 is 5.73 Å². The first kappa shape index (κ1) is 30.7. The summed E-state index contributed by atoms with van der Waals surface area (Å²) in [7, 11) is 0. The van der Waals surface area contributed by atoms with Crippen LogP contribution in [0.1, 0.15) is 22.0 Å². The van der Waals surface area contributed by atoms with Gasteiger partial charge in [-0.05, 0) is 53.6 Å². The SMILES string of the molecule is Nc1ncccc1-c1nc2ccc(-c3ccccc3)nc2n1-c1ccc(C2CN(C(=O)c3ccc(-c4ccccccccc4)cn3)C2)cc1. The lowest BCUT2D eigenvalue weighted by Gasteiger charge is -2.39. The first-order chi connectivity index (χ1) is 24.6. The van der Waals surface area contributed by atoms with Gasteiger partial charge in [0.25, 0.3) is 5.91 Å². The number of rotatable bonds is 6. The van der Waals surface area contributed by atoms with Gasteiger partial charge in [-0.2, -0.15) is 0 Å². The number of hydrogen-bond donors (Lipinski definition) is 1. The van der Waals surface area contributed by atoms with Gasteiger partial charge in [0, 0.05) is 48.2 Å². The first-order valence-electron chi connectivity index (χ1n) is 16.5. The third-order valence-corrected chi connectivity index (χ3v) is 8.98. The molecule has 50 heavy (non-hydrogen) atoms. The van der Waals surface area contributed by atoms with Crippen LogP contribution >= 0.6 is 0 Å². The highest BCUT2D eigenvalue weighted by atomic mass is 16.2. The fourth-order valence-corrected chi connectivity index (χ4v) is 6.25. The Labute approximate surface area is 289 Å². The Bertz CT molecular complexity index is 2340. The summed E-state index contributed by atoms with van der Waals surface area (Å²) in [6.45, 7) is 1.27. The molecule has 0 bridgehead atoms. The second kappa shape index (κ2) is 13.4. The van der Waals surface area contributed by atoms with Crippen molar-refractivity contribution in [3.63, 3.8) is 0 Å². The molecule has 1 aliphatic heterocycles. The minimum absolute atomic E-state index is 0.0586. The maximum Gasteiger partial charge on any atom is 0.272 e. The van der Waals surface area contributed by atoms with Gasteiger partial charge >= 0.3 is 0 Å². The summed E-state index contributed by atoms with van der Waals surface area (Å²) >= 11 is 0. The van der Waals surface area contributed by atoms with Gasteiger partial charge in [-0.3, -0.25) is 14.3 Å². The molecular weight excluding hydrogens is 619 g/mol. The predicted octanol–water partition coefficient (Wildman–Crippen LogP) is 8.16. The lowest BCUT2D eigenvalue weighted by molar-refractivity contribution is 0.0596. The molecule has 2 N–H and O–H groups in total. The number of likely N-dealkylation sites (tertiary alicyclic amines) is 1. The Morgan fingerprint density at radius 1 is 0.640 bits per heavy atom. The average Bonchev–Trinajstić information content (AvgIpc) is 3.52. The summed E-state index contributed by atoms with van der Waals surface area (Å²) in [4.78, 5) is 34.0. The molecule has 1 aliphatic rings. The van der Waals surface area contributed by atoms with Crippen LogP contribution in [0.4, 0.5) is 5.82 Å². The lowest BCUT2D eigenvalue weighted by Crippen LogP contribution is -2.48. The van der Waals surface area contributed by atoms with Crippen molar-refractivity contribution in [2.24, 2.45) is 0 Å². The molecule has 0 aliphatic carbocycles. The highest BCUT2D eigenvalue weighted by molar-refractivity contribution is 5.93. The molecule has 242 valence electrons. The Kier molecular flexibility index (Phi) is 8.24. The van der Waals surface area contributed by atoms with Crippen molar-refractivity contribution < 1.29 is 4.79 Å². The maximum atomic E-state index is 13.3. The topological polar surface area (TPSA) is 103 Å². The van der Waals surface area contributed by atoms with E-state index in [0.717, 1.165) is 50.4 Å². The van der Waals surface area contributed by atoms with Gasteiger partial charge in [0.2, 0.25) is 0 Å². The van der Waals surface area contributed by atoms with Crippen molar-refractivity contribution in [2.75, 3.05) is 18.8 Å². The number of anilines is 1. The van der Waals surface area contributed by atoms with Gasteiger partial charge < -0.3 is 10.6 Å². The van der Waals surface area contributed by atoms with E-state index < -0.39 is 0 Å². The van der Waals surface area contributed by atoms with Crippen LogP contribution in [0.3, 0.4) is 0 Å². The molecule has 4 aromatic heterocycles. The lowest BCUT2D eigenvalue weighted by atomic mass is 9.91. The normalized spacial score (nSPS) is 12.7. The molecule has 0 saturated carbocycles. The van der Waals surface area contributed by atoms with Crippen molar-refractivity contribution in [1.82, 2.24) is 29.4 Å². The number of nitrogen functional groups attached to an aromatic ring is 1. The number of carbonyl (C=O) groups is 1. The first-order valence-corrected chi connectivity index (χ1v) is 16.5. The molecule has 7 aromatic rings. The minimum atomic E-state index is -0.0586. The molecule has 0 spiro atoms. The predicted molar refractivity (Wildman–Crippen MR) is 198 cm³/mol. The average molecular weight is 652 g/mol. The standard InChI is InChI=1S/C42H33N7O/c43-39-35(16-11-25-44-39)40-47-37-24-23-36(31-14-9-6-10-15-31)46-41(37)49(40)34-20-17-30(18-21-34)33-27-48(28-33)42(50)38-22-19-32(26-45-38)29-12-7-4-2-1-3-5-8-13-29/h1-26,33H,27-28H2,(H2,43,44). The van der Waals surface area contributed by atoms with Gasteiger partial charge in [0.05, 0.1) is 11.3 Å². The Hall–Kier alpha value is -6.67. The quantitative estimate of drug-likeness (QED) is 0.195. The third kappa shape index (κ3) is 6.06. The van der Waals surface area contributed by atoms with Crippen LogP contribution in [0.5, 0.6) is 0 Å². The number of nitrogens with zero attached hydrogens (tertiary/aromatic N) is 6. The summed E-state index contributed by atoms with van der Waals surface area (Å²) in [5.74, 6) is 1.25. The second-order valence-electron chi connectivity index (χ2n) is 12.2. The summed E-state index contributed by atoms with van der Waals surface area (Å²) in [6, 6.07) is 48.0. The van der Waals surface area contributed by atoms with Gasteiger partial charge in [-0.15, -0.1) is 0 Å². The molecule has 1 fully saturated rings. The molecule has 0 radical (unpaired) electrons. The van der Waals surface area contributed by atoms with Crippen molar-refractivity contribution in [3.05, 3.63) is 169 Å². The number of nitrogens with two attached hydrogens (primary N) is 1. The van der Waals surface area contributed by atoms with Gasteiger partial charge in [0.1, 0.15) is 17.0 Å². The fourth-order valence-electron chi connectivity index (χ4n) is 6.25. The number of aromatic nitrogens is 5. The minimum Gasteiger partial charge on any atom is -0.383 e. The van der Waals surface area contributed by atoms with Crippen molar-refractivity contribution in [3.8, 4) is 39.5 Å². The zero-order chi connectivity index (χ0) is 33.9. The highest BCUT2D eigenvalue weighted by Crippen LogP contribution is 2.34. The molecule has 8 rings (SSSR count). The zero-order valence-electron chi connectivity index (χ0n) is 27.2. The highest BCUT2D eigenvalue weighted by Gasteiger charge is 2.33. The van der Waals surface area contributed by atoms with E-state index in [1.807, 2.05) is 131 Å². The van der Waals surface area contributed by atoms with Crippen molar-refractivity contribution in [1.29, 1.82) is 0 Å². The van der Waals surface area contributed by atoms with Crippen LogP contribution in [0.25, 0.3) is 50.6 Å². The molecule has 0 unspecified atom stereocenters. The van der Waals surface area contributed by atoms with Crippen LogP contribution in [0, 0.1) is 0 Å². The summed E-state index contributed by atoms with van der Waals surface area (Å²) in [5.41, 5.74) is 14.9. The largest absolute Gasteiger partial charge is 0.383 e. The van der Waals surface area contributed by atoms with E-state index in [1.165, 1.54) is 0 Å². The van der Waals surface area contributed by atoms with Gasteiger partial charge in [0.15, 0.2) is 11.5 Å². The van der Waals surface area contributed by atoms with E-state index in [0.29, 0.717) is 30.4 Å². The second-order valence-corrected chi connectivity index (χ2v) is 12.2. The number of pyridine rings is 3. The number of imidazole rings is 1. The maximum absolute atomic E-state index is 13.3. The van der Waals surface area contributed by atoms with E-state index in [2.05, 4.69) is 34.2 Å². The molecule has 8 nitrogen and oxygen atoms in total. The van der Waals surface area contributed by atoms with Crippen LogP contribution in [0.15, 0.2) is 158 Å². The molecule has 3 aromatic carbocycles. The van der Waals surface area contributed by atoms with E-state index in [4.69, 9.17) is 15.7 Å². The number of carbonyl (C=O) groups excluding carboxylic acids is 1. The van der Waals surface area contributed by atoms with E-state index >= 15 is 0 Å². The summed E-state index contributed by atoms with van der Waals surface area (Å²) in [5, 5.41) is 0. The number of hydrogen-bond acceptors (Lipinski definition) is 6. The molecule has 8 heteroatoms. The van der Waals surface area contributed by atoms with Crippen molar-refractivity contribution >= 4 is 22.9 Å². The molecular formula is C42H33N7O. The van der Waals surface area contributed by atoms with Gasteiger partial charge in [-0.25, -0.2) is 15.0 Å². The number of fused-ring (bicyclic) bond motifs is 1. The Balaban J connectivity index is 1.03. The molecule has 1 amide bonds. The molecule has 0 atom stereocenters. The van der Waals surface area contributed by atoms with Gasteiger partial charge in [-0.1, -0.05) is 103 Å². The van der Waals surface area contributed by atoms with E-state index in [1.54, 1.807) is 12.4 Å². The number of amides is 1. The zero-order valence-corrected chi connectivity index (χ0v) is 27.2. The van der Waals surface area contributed by atoms with E-state index in [9.17, 15) is 4.79 Å². The third-order valence-electron chi connectivity index (χ3n) is 8.98. The summed E-state index contributed by atoms with van der Waals surface area (Å²) < 4.78 is 2.04. The summed E-state index contributed by atoms with van der Waals surface area (Å²) in [6.07, 6.45) is 3.44.